The number of piperazine rings is 1. The van der Waals surface area contributed by atoms with E-state index in [0.29, 0.717) is 19.6 Å². The van der Waals surface area contributed by atoms with Crippen molar-refractivity contribution >= 4 is 34.2 Å². The number of pyridine rings is 1. The van der Waals surface area contributed by atoms with Crippen LogP contribution >= 0.6 is 0 Å². The number of anilines is 2. The maximum absolute atomic E-state index is 13.2. The Bertz CT molecular complexity index is 1190. The summed E-state index contributed by atoms with van der Waals surface area (Å²) in [7, 11) is 1.61. The lowest BCUT2D eigenvalue weighted by Crippen LogP contribution is -2.51. The Kier molecular flexibility index (Phi) is 5.62. The molecule has 5 rings (SSSR count). The van der Waals surface area contributed by atoms with Gasteiger partial charge in [-0.15, -0.1) is 0 Å². The average Bonchev–Trinajstić information content (AvgIpc) is 3.25. The number of nitrogens with zero attached hydrogens (tertiary/aromatic N) is 4. The van der Waals surface area contributed by atoms with Crippen LogP contribution in [0.2, 0.25) is 0 Å². The van der Waals surface area contributed by atoms with Crippen LogP contribution in [0.3, 0.4) is 0 Å². The van der Waals surface area contributed by atoms with Crippen LogP contribution in [0.25, 0.3) is 10.9 Å². The number of carbonyl (C=O) groups excluding carboxylic acids is 2. The normalized spacial score (nSPS) is 18.8. The van der Waals surface area contributed by atoms with Crippen LogP contribution < -0.4 is 14.5 Å². The quantitative estimate of drug-likeness (QED) is 0.618. The van der Waals surface area contributed by atoms with Crippen molar-refractivity contribution in [2.45, 2.75) is 13.3 Å². The molecule has 3 aromatic rings. The molecular formula is C26H28N4O3. The number of aromatic nitrogens is 1. The highest BCUT2D eigenvalue weighted by atomic mass is 16.5. The van der Waals surface area contributed by atoms with Gasteiger partial charge in [0, 0.05) is 50.2 Å². The first-order valence-electron chi connectivity index (χ1n) is 11.4. The molecule has 2 aliphatic heterocycles. The van der Waals surface area contributed by atoms with E-state index in [2.05, 4.69) is 24.0 Å². The maximum atomic E-state index is 13.2. The van der Waals surface area contributed by atoms with Gasteiger partial charge in [-0.1, -0.05) is 18.2 Å². The summed E-state index contributed by atoms with van der Waals surface area (Å²) < 4.78 is 5.19. The van der Waals surface area contributed by atoms with E-state index in [1.165, 1.54) is 10.9 Å². The van der Waals surface area contributed by atoms with E-state index in [0.717, 1.165) is 35.9 Å². The molecule has 2 saturated heterocycles. The third-order valence-corrected chi connectivity index (χ3v) is 6.68. The Hall–Kier alpha value is -3.61. The molecule has 0 spiro atoms. The largest absolute Gasteiger partial charge is 0.497 e. The van der Waals surface area contributed by atoms with Gasteiger partial charge >= 0.3 is 0 Å². The molecule has 33 heavy (non-hydrogen) atoms. The number of ether oxygens (including phenoxy) is 1. The summed E-state index contributed by atoms with van der Waals surface area (Å²) in [6.45, 7) is 5.28. The molecule has 0 saturated carbocycles. The lowest BCUT2D eigenvalue weighted by molar-refractivity contribution is -0.136. The third kappa shape index (κ3) is 4.11. The monoisotopic (exact) mass is 444 g/mol. The highest BCUT2D eigenvalue weighted by Gasteiger charge is 2.38. The zero-order valence-electron chi connectivity index (χ0n) is 19.0. The van der Waals surface area contributed by atoms with E-state index in [9.17, 15) is 9.59 Å². The molecule has 1 aromatic heterocycles. The van der Waals surface area contributed by atoms with Crippen LogP contribution in [0.15, 0.2) is 54.6 Å². The van der Waals surface area contributed by atoms with Gasteiger partial charge in [0.2, 0.25) is 11.8 Å². The van der Waals surface area contributed by atoms with E-state index in [1.54, 1.807) is 12.0 Å². The number of benzene rings is 2. The van der Waals surface area contributed by atoms with Crippen molar-refractivity contribution in [1.82, 2.24) is 9.88 Å². The lowest BCUT2D eigenvalue weighted by atomic mass is 10.1. The number of hydrogen-bond donors (Lipinski definition) is 0. The van der Waals surface area contributed by atoms with Gasteiger partial charge in [0.25, 0.3) is 0 Å². The molecule has 2 aromatic carbocycles. The predicted octanol–water partition coefficient (Wildman–Crippen LogP) is 3.25. The van der Waals surface area contributed by atoms with Gasteiger partial charge in [0.1, 0.15) is 11.6 Å². The second kappa shape index (κ2) is 8.73. The van der Waals surface area contributed by atoms with Gasteiger partial charge in [0.05, 0.1) is 18.5 Å². The summed E-state index contributed by atoms with van der Waals surface area (Å²) in [5, 5.41) is 1.17. The fourth-order valence-corrected chi connectivity index (χ4v) is 4.79. The van der Waals surface area contributed by atoms with Gasteiger partial charge < -0.3 is 19.4 Å². The number of fused-ring (bicyclic) bond motifs is 1. The number of rotatable bonds is 4. The molecule has 2 aliphatic rings. The standard InChI is InChI=1S/C26H28N4O3/c1-18-15-24(27-23-6-4-3-5-22(18)23)28-11-13-29(14-12-28)26(32)19-16-25(31)30(17-19)20-7-9-21(33-2)10-8-20/h3-10,15,19H,11-14,16-17H2,1-2H3. The van der Waals surface area contributed by atoms with Crippen LogP contribution in [0.5, 0.6) is 5.75 Å². The zero-order valence-corrected chi connectivity index (χ0v) is 19.0. The molecule has 3 heterocycles. The second-order valence-corrected chi connectivity index (χ2v) is 8.73. The SMILES string of the molecule is COc1ccc(N2CC(C(=O)N3CCN(c4cc(C)c5ccccc5n4)CC3)CC2=O)cc1. The van der Waals surface area contributed by atoms with Gasteiger partial charge in [-0.05, 0) is 48.9 Å². The van der Waals surface area contributed by atoms with Gasteiger partial charge in [-0.25, -0.2) is 4.98 Å². The Morgan fingerprint density at radius 2 is 1.76 bits per heavy atom. The van der Waals surface area contributed by atoms with E-state index in [1.807, 2.05) is 47.4 Å². The molecular weight excluding hydrogens is 416 g/mol. The van der Waals surface area contributed by atoms with Crippen molar-refractivity contribution in [3.8, 4) is 5.75 Å². The highest BCUT2D eigenvalue weighted by Crippen LogP contribution is 2.29. The van der Waals surface area contributed by atoms with E-state index in [-0.39, 0.29) is 24.2 Å². The molecule has 170 valence electrons. The summed E-state index contributed by atoms with van der Waals surface area (Å²) in [5.41, 5.74) is 3.00. The number of para-hydroxylation sites is 1. The number of aryl methyl sites for hydroxylation is 1. The molecule has 0 radical (unpaired) electrons. The average molecular weight is 445 g/mol. The molecule has 1 unspecified atom stereocenters. The van der Waals surface area contributed by atoms with E-state index < -0.39 is 0 Å². The van der Waals surface area contributed by atoms with Gasteiger partial charge in [-0.2, -0.15) is 0 Å². The minimum atomic E-state index is -0.299. The molecule has 2 fully saturated rings. The fraction of sp³-hybridized carbons (Fsp3) is 0.346. The molecule has 2 amide bonds. The summed E-state index contributed by atoms with van der Waals surface area (Å²) in [5.74, 6) is 1.47. The molecule has 7 heteroatoms. The van der Waals surface area contributed by atoms with Crippen molar-refractivity contribution in [3.05, 3.63) is 60.2 Å². The van der Waals surface area contributed by atoms with Gasteiger partial charge in [-0.3, -0.25) is 9.59 Å². The molecule has 0 aliphatic carbocycles. The van der Waals surface area contributed by atoms with Crippen molar-refractivity contribution in [3.63, 3.8) is 0 Å². The van der Waals surface area contributed by atoms with Crippen LogP contribution in [-0.4, -0.2) is 61.5 Å². The fourth-order valence-electron chi connectivity index (χ4n) is 4.79. The lowest BCUT2D eigenvalue weighted by Gasteiger charge is -2.36. The zero-order chi connectivity index (χ0) is 22.9. The Labute approximate surface area is 193 Å². The minimum Gasteiger partial charge on any atom is -0.497 e. The topological polar surface area (TPSA) is 66.0 Å². The maximum Gasteiger partial charge on any atom is 0.228 e. The molecule has 1 atom stereocenters. The first-order valence-corrected chi connectivity index (χ1v) is 11.4. The second-order valence-electron chi connectivity index (χ2n) is 8.73. The molecule has 7 nitrogen and oxygen atoms in total. The van der Waals surface area contributed by atoms with Crippen molar-refractivity contribution in [2.75, 3.05) is 49.6 Å². The third-order valence-electron chi connectivity index (χ3n) is 6.68. The van der Waals surface area contributed by atoms with Crippen LogP contribution in [0.1, 0.15) is 12.0 Å². The summed E-state index contributed by atoms with van der Waals surface area (Å²) in [6.07, 6.45) is 0.260. The molecule has 0 N–H and O–H groups in total. The number of amides is 2. The number of hydrogen-bond acceptors (Lipinski definition) is 5. The highest BCUT2D eigenvalue weighted by molar-refractivity contribution is 6.00. The Morgan fingerprint density at radius 3 is 2.48 bits per heavy atom. The Balaban J connectivity index is 1.22. The first kappa shape index (κ1) is 21.2. The summed E-state index contributed by atoms with van der Waals surface area (Å²) in [4.78, 5) is 36.5. The number of carbonyl (C=O) groups is 2. The Morgan fingerprint density at radius 1 is 1.03 bits per heavy atom. The predicted molar refractivity (Wildman–Crippen MR) is 129 cm³/mol. The van der Waals surface area contributed by atoms with Crippen LogP contribution in [0.4, 0.5) is 11.5 Å². The summed E-state index contributed by atoms with van der Waals surface area (Å²) in [6, 6.07) is 17.7. The van der Waals surface area contributed by atoms with Gasteiger partial charge in [0.15, 0.2) is 0 Å². The van der Waals surface area contributed by atoms with Crippen LogP contribution in [0, 0.1) is 12.8 Å². The van der Waals surface area contributed by atoms with Crippen molar-refractivity contribution < 1.29 is 14.3 Å². The van der Waals surface area contributed by atoms with Crippen molar-refractivity contribution in [2.24, 2.45) is 5.92 Å². The smallest absolute Gasteiger partial charge is 0.228 e. The first-order chi connectivity index (χ1) is 16.0. The van der Waals surface area contributed by atoms with E-state index >= 15 is 0 Å². The molecule has 0 bridgehead atoms. The summed E-state index contributed by atoms with van der Waals surface area (Å²) >= 11 is 0. The minimum absolute atomic E-state index is 0.00649. The number of methoxy groups -OCH3 is 1. The van der Waals surface area contributed by atoms with Crippen molar-refractivity contribution in [1.29, 1.82) is 0 Å². The van der Waals surface area contributed by atoms with Crippen LogP contribution in [-0.2, 0) is 9.59 Å². The van der Waals surface area contributed by atoms with E-state index in [4.69, 9.17) is 9.72 Å².